The lowest BCUT2D eigenvalue weighted by molar-refractivity contribution is -0.147. The zero-order valence-corrected chi connectivity index (χ0v) is 12.7. The molecule has 1 saturated carbocycles. The maximum absolute atomic E-state index is 11.8. The average molecular weight is 284 g/mol. The summed E-state index contributed by atoms with van der Waals surface area (Å²) in [6.07, 6.45) is 4.46. The minimum absolute atomic E-state index is 0.296. The van der Waals surface area contributed by atoms with Crippen LogP contribution in [0.25, 0.3) is 0 Å². The largest absolute Gasteiger partial charge is 0.480 e. The first-order chi connectivity index (χ1) is 9.62. The van der Waals surface area contributed by atoms with Crippen molar-refractivity contribution in [2.45, 2.75) is 51.2 Å². The van der Waals surface area contributed by atoms with Crippen molar-refractivity contribution in [2.24, 2.45) is 5.92 Å². The summed E-state index contributed by atoms with van der Waals surface area (Å²) in [5.74, 6) is -0.390. The lowest BCUT2D eigenvalue weighted by Crippen LogP contribution is -2.61. The van der Waals surface area contributed by atoms with E-state index in [9.17, 15) is 9.90 Å². The Balaban J connectivity index is 1.93. The minimum atomic E-state index is -0.743. The van der Waals surface area contributed by atoms with Crippen molar-refractivity contribution in [3.63, 3.8) is 0 Å². The van der Waals surface area contributed by atoms with Crippen LogP contribution >= 0.6 is 0 Å². The molecule has 116 valence electrons. The van der Waals surface area contributed by atoms with Crippen molar-refractivity contribution in [2.75, 3.05) is 32.8 Å². The van der Waals surface area contributed by atoms with Crippen LogP contribution in [0.1, 0.15) is 39.5 Å². The predicted octanol–water partition coefficient (Wildman–Crippen LogP) is 1.33. The Morgan fingerprint density at radius 3 is 2.40 bits per heavy atom. The Kier molecular flexibility index (Phi) is 5.41. The second-order valence-corrected chi connectivity index (χ2v) is 6.01. The van der Waals surface area contributed by atoms with Crippen LogP contribution in [0.5, 0.6) is 0 Å². The van der Waals surface area contributed by atoms with Gasteiger partial charge in [-0.25, -0.2) is 0 Å². The number of hydrogen-bond acceptors (Lipinski definition) is 4. The number of carbonyl (C=O) groups is 1. The van der Waals surface area contributed by atoms with Crippen LogP contribution < -0.4 is 5.32 Å². The molecule has 0 radical (unpaired) electrons. The molecule has 0 aromatic carbocycles. The van der Waals surface area contributed by atoms with Gasteiger partial charge in [0.15, 0.2) is 0 Å². The van der Waals surface area contributed by atoms with Gasteiger partial charge in [0.05, 0.1) is 6.10 Å². The zero-order chi connectivity index (χ0) is 14.6. The summed E-state index contributed by atoms with van der Waals surface area (Å²) < 4.78 is 5.66. The Hall–Kier alpha value is -0.650. The lowest BCUT2D eigenvalue weighted by atomic mass is 9.91. The molecule has 0 amide bonds. The lowest BCUT2D eigenvalue weighted by Gasteiger charge is -2.39. The van der Waals surface area contributed by atoms with Crippen LogP contribution in [0.3, 0.4) is 0 Å². The highest BCUT2D eigenvalue weighted by molar-refractivity contribution is 5.80. The third kappa shape index (κ3) is 3.51. The number of likely N-dealkylation sites (N-methyl/N-ethyl adjacent to an activating group) is 1. The van der Waals surface area contributed by atoms with Gasteiger partial charge in [-0.05, 0) is 45.1 Å². The Morgan fingerprint density at radius 2 is 1.95 bits per heavy atom. The molecule has 0 bridgehead atoms. The summed E-state index contributed by atoms with van der Waals surface area (Å²) in [7, 11) is 0. The highest BCUT2D eigenvalue weighted by Gasteiger charge is 2.51. The number of carboxylic acids is 1. The number of ether oxygens (including phenoxy) is 1. The topological polar surface area (TPSA) is 61.8 Å². The van der Waals surface area contributed by atoms with E-state index < -0.39 is 11.5 Å². The second-order valence-electron chi connectivity index (χ2n) is 6.01. The van der Waals surface area contributed by atoms with Crippen LogP contribution in [0.15, 0.2) is 0 Å². The SMILES string of the molecule is CCNC(CN1CCC(OCC)CC1)(C(=O)O)C1CC1. The first-order valence-corrected chi connectivity index (χ1v) is 7.94. The van der Waals surface area contributed by atoms with E-state index in [1.54, 1.807) is 0 Å². The molecule has 2 rings (SSSR count). The number of aliphatic carboxylic acids is 1. The summed E-state index contributed by atoms with van der Waals surface area (Å²) in [5.41, 5.74) is -0.743. The van der Waals surface area contributed by atoms with E-state index in [2.05, 4.69) is 10.2 Å². The fourth-order valence-corrected chi connectivity index (χ4v) is 3.36. The highest BCUT2D eigenvalue weighted by atomic mass is 16.5. The van der Waals surface area contributed by atoms with Crippen molar-refractivity contribution in [3.8, 4) is 0 Å². The maximum Gasteiger partial charge on any atom is 0.325 e. The van der Waals surface area contributed by atoms with Crippen molar-refractivity contribution in [3.05, 3.63) is 0 Å². The minimum Gasteiger partial charge on any atom is -0.480 e. The molecule has 1 aliphatic carbocycles. The molecule has 0 aromatic heterocycles. The van der Waals surface area contributed by atoms with Gasteiger partial charge in [0.25, 0.3) is 0 Å². The first kappa shape index (κ1) is 15.7. The number of nitrogens with zero attached hydrogens (tertiary/aromatic N) is 1. The maximum atomic E-state index is 11.8. The summed E-state index contributed by atoms with van der Waals surface area (Å²) in [6, 6.07) is 0. The molecular formula is C15H28N2O3. The molecule has 2 aliphatic rings. The molecule has 1 aliphatic heterocycles. The zero-order valence-electron chi connectivity index (χ0n) is 12.7. The first-order valence-electron chi connectivity index (χ1n) is 7.94. The van der Waals surface area contributed by atoms with Crippen LogP contribution in [0.4, 0.5) is 0 Å². The Labute approximate surface area is 121 Å². The Bertz CT molecular complexity index is 325. The summed E-state index contributed by atoms with van der Waals surface area (Å²) >= 11 is 0. The van der Waals surface area contributed by atoms with Crippen LogP contribution in [-0.4, -0.2) is 60.4 Å². The van der Waals surface area contributed by atoms with Crippen molar-refractivity contribution < 1.29 is 14.6 Å². The molecule has 0 spiro atoms. The second kappa shape index (κ2) is 6.87. The van der Waals surface area contributed by atoms with Gasteiger partial charge in [-0.3, -0.25) is 4.79 Å². The van der Waals surface area contributed by atoms with E-state index in [-0.39, 0.29) is 0 Å². The number of nitrogens with one attached hydrogen (secondary N) is 1. The number of carboxylic acid groups (broad SMARTS) is 1. The van der Waals surface area contributed by atoms with Gasteiger partial charge in [0.2, 0.25) is 0 Å². The Morgan fingerprint density at radius 1 is 1.30 bits per heavy atom. The third-order valence-corrected chi connectivity index (χ3v) is 4.56. The van der Waals surface area contributed by atoms with Gasteiger partial charge < -0.3 is 20.1 Å². The summed E-state index contributed by atoms with van der Waals surface area (Å²) in [4.78, 5) is 14.1. The normalized spacial score (nSPS) is 24.5. The third-order valence-electron chi connectivity index (χ3n) is 4.56. The molecule has 20 heavy (non-hydrogen) atoms. The van der Waals surface area contributed by atoms with Gasteiger partial charge in [-0.15, -0.1) is 0 Å². The average Bonchev–Trinajstić information content (AvgIpc) is 3.25. The van der Waals surface area contributed by atoms with Gasteiger partial charge >= 0.3 is 5.97 Å². The van der Waals surface area contributed by atoms with Crippen LogP contribution in [0, 0.1) is 5.92 Å². The molecular weight excluding hydrogens is 256 g/mol. The van der Waals surface area contributed by atoms with Crippen LogP contribution in [-0.2, 0) is 9.53 Å². The summed E-state index contributed by atoms with van der Waals surface area (Å²) in [5, 5.41) is 13.0. The number of piperidine rings is 1. The molecule has 1 saturated heterocycles. The van der Waals surface area contributed by atoms with Crippen LogP contribution in [0.2, 0.25) is 0 Å². The molecule has 5 heteroatoms. The summed E-state index contributed by atoms with van der Waals surface area (Å²) in [6.45, 7) is 8.00. The van der Waals surface area contributed by atoms with E-state index in [0.29, 0.717) is 25.1 Å². The number of rotatable bonds is 8. The predicted molar refractivity (Wildman–Crippen MR) is 77.9 cm³/mol. The standard InChI is InChI=1S/C15H28N2O3/c1-3-16-15(14(18)19,12-5-6-12)11-17-9-7-13(8-10-17)20-4-2/h12-13,16H,3-11H2,1-2H3,(H,18,19). The van der Waals surface area contributed by atoms with Gasteiger partial charge in [0, 0.05) is 26.2 Å². The monoisotopic (exact) mass is 284 g/mol. The number of hydrogen-bond donors (Lipinski definition) is 2. The number of likely N-dealkylation sites (tertiary alicyclic amines) is 1. The molecule has 2 N–H and O–H groups in total. The molecule has 1 atom stereocenters. The fourth-order valence-electron chi connectivity index (χ4n) is 3.36. The van der Waals surface area contributed by atoms with E-state index in [0.717, 1.165) is 45.4 Å². The van der Waals surface area contributed by atoms with Gasteiger partial charge in [-0.1, -0.05) is 6.92 Å². The van der Waals surface area contributed by atoms with Crippen molar-refractivity contribution in [1.29, 1.82) is 0 Å². The highest BCUT2D eigenvalue weighted by Crippen LogP contribution is 2.40. The van der Waals surface area contributed by atoms with Gasteiger partial charge in [-0.2, -0.15) is 0 Å². The van der Waals surface area contributed by atoms with Crippen molar-refractivity contribution >= 4 is 5.97 Å². The quantitative estimate of drug-likeness (QED) is 0.704. The van der Waals surface area contributed by atoms with Crippen molar-refractivity contribution in [1.82, 2.24) is 10.2 Å². The van der Waals surface area contributed by atoms with E-state index in [1.165, 1.54) is 0 Å². The molecule has 1 unspecified atom stereocenters. The molecule has 2 fully saturated rings. The van der Waals surface area contributed by atoms with Gasteiger partial charge in [0.1, 0.15) is 5.54 Å². The molecule has 1 heterocycles. The van der Waals surface area contributed by atoms with E-state index in [4.69, 9.17) is 4.74 Å². The fraction of sp³-hybridized carbons (Fsp3) is 0.933. The smallest absolute Gasteiger partial charge is 0.325 e. The molecule has 0 aromatic rings. The van der Waals surface area contributed by atoms with E-state index >= 15 is 0 Å². The molecule has 5 nitrogen and oxygen atoms in total. The van der Waals surface area contributed by atoms with E-state index in [1.807, 2.05) is 13.8 Å².